The number of benzene rings is 1. The number of nitrogens with zero attached hydrogens (tertiary/aromatic N) is 1. The smallest absolute Gasteiger partial charge is 0.308 e. The van der Waals surface area contributed by atoms with Crippen LogP contribution in [0.5, 0.6) is 5.75 Å². The molecule has 26 heavy (non-hydrogen) atoms. The standard InChI is InChI=1S/C18H25NO6S/c1-3-24-18(21)12-11-17(20)19(15-7-8-15)13-14-5-9-16(10-6-14)25-26(22,23)4-2/h5-6,9-10,15H,3-4,7-8,11-13H2,1-2H3. The van der Waals surface area contributed by atoms with Crippen LogP contribution in [0.25, 0.3) is 0 Å². The predicted octanol–water partition coefficient (Wildman–Crippen LogP) is 2.25. The number of carbonyl (C=O) groups excluding carboxylic acids is 2. The van der Waals surface area contributed by atoms with Crippen LogP contribution in [0.2, 0.25) is 0 Å². The van der Waals surface area contributed by atoms with Gasteiger partial charge >= 0.3 is 16.1 Å². The predicted molar refractivity (Wildman–Crippen MR) is 96.0 cm³/mol. The summed E-state index contributed by atoms with van der Waals surface area (Å²) < 4.78 is 32.8. The summed E-state index contributed by atoms with van der Waals surface area (Å²) in [6, 6.07) is 6.86. The van der Waals surface area contributed by atoms with Crippen molar-refractivity contribution in [3.05, 3.63) is 29.8 Å². The molecule has 144 valence electrons. The summed E-state index contributed by atoms with van der Waals surface area (Å²) in [5.41, 5.74) is 0.877. The first-order valence-electron chi connectivity index (χ1n) is 8.80. The second-order valence-corrected chi connectivity index (χ2v) is 7.99. The molecule has 8 heteroatoms. The molecule has 0 aliphatic heterocycles. The SMILES string of the molecule is CCOC(=O)CCC(=O)N(Cc1ccc(OS(=O)(=O)CC)cc1)C1CC1. The normalized spacial score (nSPS) is 13.9. The Hall–Kier alpha value is -2.09. The van der Waals surface area contributed by atoms with Crippen LogP contribution in [0.1, 0.15) is 45.1 Å². The number of rotatable bonds is 10. The Morgan fingerprint density at radius 1 is 1.12 bits per heavy atom. The van der Waals surface area contributed by atoms with E-state index >= 15 is 0 Å². The monoisotopic (exact) mass is 383 g/mol. The largest absolute Gasteiger partial charge is 0.466 e. The minimum Gasteiger partial charge on any atom is -0.466 e. The van der Waals surface area contributed by atoms with Crippen molar-refractivity contribution in [2.75, 3.05) is 12.4 Å². The number of ether oxygens (including phenoxy) is 1. The zero-order valence-electron chi connectivity index (χ0n) is 15.1. The van der Waals surface area contributed by atoms with Crippen molar-refractivity contribution >= 4 is 22.0 Å². The number of hydrogen-bond donors (Lipinski definition) is 0. The van der Waals surface area contributed by atoms with Crippen molar-refractivity contribution in [1.29, 1.82) is 0 Å². The molecule has 0 bridgehead atoms. The molecule has 0 unspecified atom stereocenters. The fourth-order valence-electron chi connectivity index (χ4n) is 2.45. The van der Waals surface area contributed by atoms with Gasteiger partial charge in [-0.2, -0.15) is 8.42 Å². The number of hydrogen-bond acceptors (Lipinski definition) is 6. The highest BCUT2D eigenvalue weighted by Crippen LogP contribution is 2.29. The lowest BCUT2D eigenvalue weighted by Gasteiger charge is -2.22. The molecule has 0 radical (unpaired) electrons. The number of carbonyl (C=O) groups is 2. The van der Waals surface area contributed by atoms with E-state index in [0.29, 0.717) is 13.2 Å². The fraction of sp³-hybridized carbons (Fsp3) is 0.556. The van der Waals surface area contributed by atoms with E-state index in [4.69, 9.17) is 8.92 Å². The maximum atomic E-state index is 12.4. The Bertz CT molecular complexity index is 725. The van der Waals surface area contributed by atoms with Gasteiger partial charge in [0, 0.05) is 19.0 Å². The average molecular weight is 383 g/mol. The lowest BCUT2D eigenvalue weighted by Crippen LogP contribution is -2.32. The molecule has 0 spiro atoms. The highest BCUT2D eigenvalue weighted by Gasteiger charge is 2.32. The second kappa shape index (κ2) is 9.02. The maximum Gasteiger partial charge on any atom is 0.308 e. The molecule has 1 aromatic rings. The lowest BCUT2D eigenvalue weighted by molar-refractivity contribution is -0.146. The van der Waals surface area contributed by atoms with E-state index in [2.05, 4.69) is 0 Å². The minimum absolute atomic E-state index is 0.0746. The van der Waals surface area contributed by atoms with Gasteiger partial charge in [0.25, 0.3) is 0 Å². The van der Waals surface area contributed by atoms with Gasteiger partial charge in [0.15, 0.2) is 0 Å². The Labute approximate surface area is 154 Å². The summed E-state index contributed by atoms with van der Waals surface area (Å²) in [7, 11) is -3.55. The molecule has 1 aromatic carbocycles. The van der Waals surface area contributed by atoms with Crippen molar-refractivity contribution in [3.8, 4) is 5.75 Å². The van der Waals surface area contributed by atoms with Crippen LogP contribution in [0, 0.1) is 0 Å². The minimum atomic E-state index is -3.55. The van der Waals surface area contributed by atoms with Crippen LogP contribution >= 0.6 is 0 Å². The average Bonchev–Trinajstić information content (AvgIpc) is 3.44. The van der Waals surface area contributed by atoms with Gasteiger partial charge in [-0.1, -0.05) is 12.1 Å². The van der Waals surface area contributed by atoms with Gasteiger partial charge in [-0.3, -0.25) is 9.59 Å². The highest BCUT2D eigenvalue weighted by atomic mass is 32.2. The van der Waals surface area contributed by atoms with Gasteiger partial charge in [-0.25, -0.2) is 0 Å². The van der Waals surface area contributed by atoms with Crippen LogP contribution in [-0.2, 0) is 31.0 Å². The molecule has 0 saturated heterocycles. The van der Waals surface area contributed by atoms with Gasteiger partial charge in [-0.15, -0.1) is 0 Å². The van der Waals surface area contributed by atoms with E-state index in [1.807, 2.05) is 0 Å². The molecule has 0 atom stereocenters. The summed E-state index contributed by atoms with van der Waals surface area (Å²) in [6.07, 6.45) is 2.13. The molecule has 2 rings (SSSR count). The quantitative estimate of drug-likeness (QED) is 0.455. The van der Waals surface area contributed by atoms with Gasteiger partial charge in [-0.05, 0) is 44.4 Å². The van der Waals surface area contributed by atoms with E-state index in [1.54, 1.807) is 36.1 Å². The topological polar surface area (TPSA) is 90.0 Å². The van der Waals surface area contributed by atoms with Crippen LogP contribution in [0.3, 0.4) is 0 Å². The van der Waals surface area contributed by atoms with Crippen molar-refractivity contribution in [3.63, 3.8) is 0 Å². The summed E-state index contributed by atoms with van der Waals surface area (Å²) in [5.74, 6) is -0.286. The zero-order valence-corrected chi connectivity index (χ0v) is 16.0. The molecule has 1 fully saturated rings. The van der Waals surface area contributed by atoms with Crippen molar-refractivity contribution in [1.82, 2.24) is 4.90 Å². The van der Waals surface area contributed by atoms with Gasteiger partial charge in [0.2, 0.25) is 5.91 Å². The van der Waals surface area contributed by atoms with Crippen LogP contribution in [-0.4, -0.2) is 43.6 Å². The third-order valence-electron chi connectivity index (χ3n) is 4.01. The molecule has 0 N–H and O–H groups in total. The number of amides is 1. The molecule has 7 nitrogen and oxygen atoms in total. The molecule has 1 aliphatic rings. The molecule has 0 heterocycles. The molecule has 1 amide bonds. The van der Waals surface area contributed by atoms with E-state index in [0.717, 1.165) is 18.4 Å². The molecular formula is C18H25NO6S. The number of esters is 1. The van der Waals surface area contributed by atoms with E-state index < -0.39 is 10.1 Å². The highest BCUT2D eigenvalue weighted by molar-refractivity contribution is 7.87. The lowest BCUT2D eigenvalue weighted by atomic mass is 10.2. The molecule has 1 saturated carbocycles. The van der Waals surface area contributed by atoms with Gasteiger partial charge in [0.05, 0.1) is 18.8 Å². The van der Waals surface area contributed by atoms with Gasteiger partial charge in [0.1, 0.15) is 5.75 Å². The van der Waals surface area contributed by atoms with E-state index in [9.17, 15) is 18.0 Å². The second-order valence-electron chi connectivity index (χ2n) is 6.13. The first-order chi connectivity index (χ1) is 12.3. The van der Waals surface area contributed by atoms with E-state index in [1.165, 1.54) is 6.92 Å². The molecule has 0 aromatic heterocycles. The summed E-state index contributed by atoms with van der Waals surface area (Å²) in [5, 5.41) is 0. The first kappa shape index (κ1) is 20.2. The molecular weight excluding hydrogens is 358 g/mol. The summed E-state index contributed by atoms with van der Waals surface area (Å²) in [6.45, 7) is 3.98. The van der Waals surface area contributed by atoms with Crippen LogP contribution in [0.4, 0.5) is 0 Å². The third-order valence-corrected chi connectivity index (χ3v) is 5.16. The Balaban J connectivity index is 1.95. The molecule has 1 aliphatic carbocycles. The summed E-state index contributed by atoms with van der Waals surface area (Å²) >= 11 is 0. The van der Waals surface area contributed by atoms with Crippen molar-refractivity contribution in [2.45, 2.75) is 52.1 Å². The fourth-order valence-corrected chi connectivity index (χ4v) is 2.97. The van der Waals surface area contributed by atoms with Crippen LogP contribution in [0.15, 0.2) is 24.3 Å². The van der Waals surface area contributed by atoms with E-state index in [-0.39, 0.29) is 42.3 Å². The first-order valence-corrected chi connectivity index (χ1v) is 10.4. The maximum absolute atomic E-state index is 12.4. The third kappa shape index (κ3) is 6.33. The Morgan fingerprint density at radius 3 is 2.31 bits per heavy atom. The van der Waals surface area contributed by atoms with Crippen molar-refractivity contribution in [2.24, 2.45) is 0 Å². The van der Waals surface area contributed by atoms with Crippen molar-refractivity contribution < 1.29 is 26.9 Å². The van der Waals surface area contributed by atoms with Crippen LogP contribution < -0.4 is 4.18 Å². The summed E-state index contributed by atoms with van der Waals surface area (Å²) in [4.78, 5) is 25.7. The zero-order chi connectivity index (χ0) is 19.2. The Kier molecular flexibility index (Phi) is 7.02. The Morgan fingerprint density at radius 2 is 1.77 bits per heavy atom. The van der Waals surface area contributed by atoms with Gasteiger partial charge < -0.3 is 13.8 Å².